The summed E-state index contributed by atoms with van der Waals surface area (Å²) in [6.07, 6.45) is 11.5. The van der Waals surface area contributed by atoms with Gasteiger partial charge in [-0.3, -0.25) is 9.69 Å². The van der Waals surface area contributed by atoms with Gasteiger partial charge in [0.2, 0.25) is 5.91 Å². The van der Waals surface area contributed by atoms with Crippen LogP contribution in [0.4, 0.5) is 5.82 Å². The van der Waals surface area contributed by atoms with E-state index in [9.17, 15) is 9.90 Å². The van der Waals surface area contributed by atoms with Crippen molar-refractivity contribution in [2.24, 2.45) is 11.8 Å². The van der Waals surface area contributed by atoms with Crippen LogP contribution in [0.3, 0.4) is 0 Å². The number of amides is 1. The number of rotatable bonds is 7. The minimum absolute atomic E-state index is 0.0426. The Labute approximate surface area is 230 Å². The number of carbonyl (C=O) groups excluding carboxylic acids is 1. The molecule has 1 aliphatic heterocycles. The topological polar surface area (TPSA) is 81.6 Å². The second-order valence-corrected chi connectivity index (χ2v) is 14.1. The van der Waals surface area contributed by atoms with Gasteiger partial charge in [-0.1, -0.05) is 27.7 Å². The molecule has 2 N–H and O–H groups in total. The number of nitrogens with zero attached hydrogens (tertiary/aromatic N) is 4. The zero-order valence-corrected chi connectivity index (χ0v) is 24.3. The van der Waals surface area contributed by atoms with E-state index in [0.717, 1.165) is 82.3 Å². The zero-order chi connectivity index (χ0) is 26.9. The first-order chi connectivity index (χ1) is 18.1. The smallest absolute Gasteiger partial charge is 0.223 e. The summed E-state index contributed by atoms with van der Waals surface area (Å²) in [6, 6.07) is 2.62. The second kappa shape index (κ2) is 11.4. The molecule has 1 aromatic rings. The lowest BCUT2D eigenvalue weighted by atomic mass is 9.83. The van der Waals surface area contributed by atoms with E-state index >= 15 is 0 Å². The maximum absolute atomic E-state index is 12.6. The van der Waals surface area contributed by atoms with Gasteiger partial charge in [-0.05, 0) is 83.1 Å². The standard InChI is InChI=1S/C31H51N5O2/c1-30(2,3)29-33-26(31(4)14-15-31)21-27(34-29)36-19-17-35(18-20-36)16-13-22-5-9-24(10-6-22)32-28(38)23-7-11-25(37)12-8-23/h21-25,37H,5-20H2,1-4H3,(H,32,38)/t22-,23-,24+,25-. The van der Waals surface area contributed by atoms with Crippen LogP contribution in [0.1, 0.15) is 110 Å². The fraction of sp³-hybridized carbons (Fsp3) is 0.839. The molecule has 1 saturated heterocycles. The molecule has 0 atom stereocenters. The Morgan fingerprint density at radius 3 is 2.26 bits per heavy atom. The molecule has 7 nitrogen and oxygen atoms in total. The molecule has 0 spiro atoms. The van der Waals surface area contributed by atoms with Crippen LogP contribution in [0.5, 0.6) is 0 Å². The van der Waals surface area contributed by atoms with Crippen molar-refractivity contribution in [1.29, 1.82) is 0 Å². The summed E-state index contributed by atoms with van der Waals surface area (Å²) in [7, 11) is 0. The number of hydrogen-bond donors (Lipinski definition) is 2. The first-order valence-corrected chi connectivity index (χ1v) is 15.4. The number of anilines is 1. The molecule has 3 aliphatic carbocycles. The SMILES string of the molecule is CC(C)(C)c1nc(N2CCN(CC[C@H]3CC[C@@H](NC(=O)[C@H]4CC[C@H](O)CC4)CC3)CC2)cc(C2(C)CC2)n1. The van der Waals surface area contributed by atoms with Crippen LogP contribution < -0.4 is 10.2 Å². The third kappa shape index (κ3) is 6.88. The lowest BCUT2D eigenvalue weighted by Gasteiger charge is -2.37. The van der Waals surface area contributed by atoms with Crippen molar-refractivity contribution in [3.63, 3.8) is 0 Å². The fourth-order valence-corrected chi connectivity index (χ4v) is 6.50. The molecule has 3 saturated carbocycles. The second-order valence-electron chi connectivity index (χ2n) is 14.1. The van der Waals surface area contributed by atoms with Gasteiger partial charge in [-0.2, -0.15) is 0 Å². The average Bonchev–Trinajstić information content (AvgIpc) is 3.66. The van der Waals surface area contributed by atoms with Gasteiger partial charge >= 0.3 is 0 Å². The van der Waals surface area contributed by atoms with E-state index in [1.165, 1.54) is 44.3 Å². The third-order valence-electron chi connectivity index (χ3n) is 9.81. The highest BCUT2D eigenvalue weighted by atomic mass is 16.3. The van der Waals surface area contributed by atoms with E-state index in [2.05, 4.69) is 48.9 Å². The van der Waals surface area contributed by atoms with Gasteiger partial charge in [-0.25, -0.2) is 9.97 Å². The van der Waals surface area contributed by atoms with Crippen LogP contribution in [-0.2, 0) is 15.6 Å². The number of carbonyl (C=O) groups is 1. The Balaban J connectivity index is 1.04. The van der Waals surface area contributed by atoms with Gasteiger partial charge in [0, 0.05) is 55.0 Å². The zero-order valence-electron chi connectivity index (χ0n) is 24.3. The Hall–Kier alpha value is -1.73. The first-order valence-electron chi connectivity index (χ1n) is 15.4. The Morgan fingerprint density at radius 1 is 1.00 bits per heavy atom. The molecule has 0 unspecified atom stereocenters. The molecule has 212 valence electrons. The quantitative estimate of drug-likeness (QED) is 0.543. The van der Waals surface area contributed by atoms with Crippen LogP contribution in [0.2, 0.25) is 0 Å². The molecule has 5 rings (SSSR count). The van der Waals surface area contributed by atoms with Crippen LogP contribution >= 0.6 is 0 Å². The summed E-state index contributed by atoms with van der Waals surface area (Å²) >= 11 is 0. The summed E-state index contributed by atoms with van der Waals surface area (Å²) in [4.78, 5) is 27.8. The van der Waals surface area contributed by atoms with Crippen molar-refractivity contribution < 1.29 is 9.90 Å². The molecule has 38 heavy (non-hydrogen) atoms. The molecule has 2 heterocycles. The number of aliphatic hydroxyl groups is 1. The molecule has 7 heteroatoms. The lowest BCUT2D eigenvalue weighted by molar-refractivity contribution is -0.127. The maximum atomic E-state index is 12.6. The molecular weight excluding hydrogens is 474 g/mol. The minimum atomic E-state index is -0.199. The predicted octanol–water partition coefficient (Wildman–Crippen LogP) is 4.56. The Morgan fingerprint density at radius 2 is 1.66 bits per heavy atom. The number of nitrogens with one attached hydrogen (secondary N) is 1. The summed E-state index contributed by atoms with van der Waals surface area (Å²) in [5.41, 5.74) is 1.44. The third-order valence-corrected chi connectivity index (χ3v) is 9.81. The highest BCUT2D eigenvalue weighted by molar-refractivity contribution is 5.79. The molecule has 0 bridgehead atoms. The Bertz CT molecular complexity index is 924. The highest BCUT2D eigenvalue weighted by Gasteiger charge is 2.42. The average molecular weight is 526 g/mol. The fourth-order valence-electron chi connectivity index (χ4n) is 6.50. The molecular formula is C31H51N5O2. The highest BCUT2D eigenvalue weighted by Crippen LogP contribution is 2.47. The van der Waals surface area contributed by atoms with E-state index < -0.39 is 0 Å². The van der Waals surface area contributed by atoms with Crippen molar-refractivity contribution in [3.05, 3.63) is 17.6 Å². The lowest BCUT2D eigenvalue weighted by Crippen LogP contribution is -2.47. The van der Waals surface area contributed by atoms with E-state index in [0.29, 0.717) is 6.04 Å². The minimum Gasteiger partial charge on any atom is -0.393 e. The number of aliphatic hydroxyl groups excluding tert-OH is 1. The monoisotopic (exact) mass is 525 g/mol. The van der Waals surface area contributed by atoms with E-state index in [1.807, 2.05) is 0 Å². The van der Waals surface area contributed by atoms with Crippen molar-refractivity contribution in [1.82, 2.24) is 20.2 Å². The van der Waals surface area contributed by atoms with Crippen molar-refractivity contribution in [2.75, 3.05) is 37.6 Å². The van der Waals surface area contributed by atoms with Crippen molar-refractivity contribution >= 4 is 11.7 Å². The summed E-state index contributed by atoms with van der Waals surface area (Å²) < 4.78 is 0. The number of piperazine rings is 1. The van der Waals surface area contributed by atoms with Crippen LogP contribution in [0, 0.1) is 11.8 Å². The molecule has 0 radical (unpaired) electrons. The van der Waals surface area contributed by atoms with Crippen molar-refractivity contribution in [2.45, 2.75) is 121 Å². The molecule has 4 fully saturated rings. The van der Waals surface area contributed by atoms with Gasteiger partial charge in [0.1, 0.15) is 11.6 Å². The summed E-state index contributed by atoms with van der Waals surface area (Å²) in [6.45, 7) is 14.4. The van der Waals surface area contributed by atoms with Crippen LogP contribution in [-0.4, -0.2) is 70.8 Å². The largest absolute Gasteiger partial charge is 0.393 e. The maximum Gasteiger partial charge on any atom is 0.223 e. The van der Waals surface area contributed by atoms with Crippen LogP contribution in [0.25, 0.3) is 0 Å². The van der Waals surface area contributed by atoms with E-state index in [-0.39, 0.29) is 28.8 Å². The van der Waals surface area contributed by atoms with Gasteiger partial charge in [0.05, 0.1) is 11.8 Å². The summed E-state index contributed by atoms with van der Waals surface area (Å²) in [5, 5.41) is 13.0. The van der Waals surface area contributed by atoms with Gasteiger partial charge in [0.15, 0.2) is 0 Å². The Kier molecular flexibility index (Phi) is 8.35. The summed E-state index contributed by atoms with van der Waals surface area (Å²) in [5.74, 6) is 3.22. The van der Waals surface area contributed by atoms with Gasteiger partial charge < -0.3 is 15.3 Å². The predicted molar refractivity (Wildman–Crippen MR) is 152 cm³/mol. The van der Waals surface area contributed by atoms with Crippen LogP contribution in [0.15, 0.2) is 6.07 Å². The normalized spacial score (nSPS) is 30.2. The van der Waals surface area contributed by atoms with Gasteiger partial charge in [0.25, 0.3) is 0 Å². The molecule has 0 aromatic carbocycles. The molecule has 1 aromatic heterocycles. The number of aromatic nitrogens is 2. The molecule has 4 aliphatic rings. The van der Waals surface area contributed by atoms with Gasteiger partial charge in [-0.15, -0.1) is 0 Å². The van der Waals surface area contributed by atoms with E-state index in [4.69, 9.17) is 9.97 Å². The van der Waals surface area contributed by atoms with Crippen molar-refractivity contribution in [3.8, 4) is 0 Å². The number of hydrogen-bond acceptors (Lipinski definition) is 6. The first kappa shape index (κ1) is 27.8. The molecule has 1 amide bonds. The van der Waals surface area contributed by atoms with E-state index in [1.54, 1.807) is 0 Å².